The van der Waals surface area contributed by atoms with Crippen LogP contribution in [0.25, 0.3) is 0 Å². The maximum Gasteiger partial charge on any atom is 0.407 e. The summed E-state index contributed by atoms with van der Waals surface area (Å²) in [6, 6.07) is 0. The molecule has 0 aromatic rings. The summed E-state index contributed by atoms with van der Waals surface area (Å²) in [5.74, 6) is 4.32. The fourth-order valence-corrected chi connectivity index (χ4v) is 4.67. The number of nitrogens with one attached hydrogen (secondary N) is 1. The maximum atomic E-state index is 10.8. The molecule has 7 heteroatoms. The molecule has 3 rings (SSSR count). The van der Waals surface area contributed by atoms with Gasteiger partial charge < -0.3 is 19.5 Å². The highest BCUT2D eigenvalue weighted by Gasteiger charge is 2.48. The van der Waals surface area contributed by atoms with Gasteiger partial charge in [-0.2, -0.15) is 5.26 Å². The first kappa shape index (κ1) is 24.8. The topological polar surface area (TPSA) is 97.7 Å². The van der Waals surface area contributed by atoms with Crippen molar-refractivity contribution in [3.63, 3.8) is 0 Å². The van der Waals surface area contributed by atoms with Crippen molar-refractivity contribution in [2.75, 3.05) is 26.4 Å². The number of carbonyl (C=O) groups is 2. The van der Waals surface area contributed by atoms with Crippen LogP contribution in [0.2, 0.25) is 0 Å². The lowest BCUT2D eigenvalue weighted by atomic mass is 9.82. The average molecular weight is 409 g/mol. The van der Waals surface area contributed by atoms with Crippen LogP contribution in [0.5, 0.6) is 0 Å². The zero-order valence-corrected chi connectivity index (χ0v) is 18.1. The van der Waals surface area contributed by atoms with Gasteiger partial charge in [-0.25, -0.2) is 9.59 Å². The summed E-state index contributed by atoms with van der Waals surface area (Å²) in [7, 11) is 0. The number of hydrogen-bond acceptors (Lipinski definition) is 6. The number of hydrogen-bond donors (Lipinski definition) is 1. The Bertz CT molecular complexity index is 556. The molecule has 0 aromatic heterocycles. The zero-order chi connectivity index (χ0) is 21.6. The van der Waals surface area contributed by atoms with Gasteiger partial charge >= 0.3 is 12.1 Å². The van der Waals surface area contributed by atoms with Crippen LogP contribution in [-0.2, 0) is 19.0 Å². The Morgan fingerprint density at radius 1 is 1.07 bits per heavy atom. The van der Waals surface area contributed by atoms with Gasteiger partial charge in [-0.05, 0) is 76.5 Å². The fraction of sp³-hybridized carbons (Fsp3) is 0.773. The second-order valence-electron chi connectivity index (χ2n) is 7.70. The summed E-state index contributed by atoms with van der Waals surface area (Å²) in [5.41, 5.74) is 0.322. The Balaban J connectivity index is 0.000000241. The average Bonchev–Trinajstić information content (AvgIpc) is 3.41. The lowest BCUT2D eigenvalue weighted by molar-refractivity contribution is -0.139. The predicted molar refractivity (Wildman–Crippen MR) is 110 cm³/mol. The van der Waals surface area contributed by atoms with Gasteiger partial charge in [0.2, 0.25) is 0 Å². The normalized spacial score (nSPS) is 25.2. The van der Waals surface area contributed by atoms with E-state index in [9.17, 15) is 9.59 Å². The van der Waals surface area contributed by atoms with Crippen molar-refractivity contribution in [1.29, 1.82) is 5.26 Å². The molecule has 29 heavy (non-hydrogen) atoms. The smallest absolute Gasteiger partial charge is 0.407 e. The molecule has 164 valence electrons. The van der Waals surface area contributed by atoms with Gasteiger partial charge in [-0.3, -0.25) is 0 Å². The van der Waals surface area contributed by atoms with Gasteiger partial charge in [0.15, 0.2) is 0 Å². The quantitative estimate of drug-likeness (QED) is 0.306. The van der Waals surface area contributed by atoms with E-state index in [-0.39, 0.29) is 13.2 Å². The molecule has 0 aromatic carbocycles. The first-order valence-corrected chi connectivity index (χ1v) is 10.7. The van der Waals surface area contributed by atoms with Crippen molar-refractivity contribution in [3.05, 3.63) is 12.2 Å². The van der Waals surface area contributed by atoms with E-state index >= 15 is 0 Å². The Morgan fingerprint density at radius 2 is 1.66 bits per heavy atom. The number of rotatable bonds is 6. The molecular weight excluding hydrogens is 372 g/mol. The van der Waals surface area contributed by atoms with Gasteiger partial charge in [0.1, 0.15) is 13.2 Å². The number of ether oxygens (including phenoxy) is 3. The molecule has 0 radical (unpaired) electrons. The molecule has 0 spiro atoms. The third-order valence-corrected chi connectivity index (χ3v) is 5.78. The molecule has 0 heterocycles. The van der Waals surface area contributed by atoms with Crippen molar-refractivity contribution in [1.82, 2.24) is 5.32 Å². The second kappa shape index (κ2) is 13.9. The van der Waals surface area contributed by atoms with E-state index in [1.54, 1.807) is 59.3 Å². The summed E-state index contributed by atoms with van der Waals surface area (Å²) in [4.78, 5) is 21.6. The Morgan fingerprint density at radius 3 is 2.10 bits per heavy atom. The third-order valence-electron chi connectivity index (χ3n) is 5.78. The first-order valence-electron chi connectivity index (χ1n) is 10.7. The van der Waals surface area contributed by atoms with Crippen LogP contribution in [0.15, 0.2) is 12.2 Å². The zero-order valence-electron chi connectivity index (χ0n) is 18.1. The molecule has 3 aliphatic carbocycles. The lowest BCUT2D eigenvalue weighted by Crippen LogP contribution is -2.25. The van der Waals surface area contributed by atoms with E-state index in [0.717, 1.165) is 0 Å². The molecule has 2 bridgehead atoms. The minimum atomic E-state index is -0.515. The van der Waals surface area contributed by atoms with Gasteiger partial charge in [0, 0.05) is 12.1 Å². The van der Waals surface area contributed by atoms with Crippen LogP contribution in [0.3, 0.4) is 0 Å². The van der Waals surface area contributed by atoms with Crippen molar-refractivity contribution in [2.45, 2.75) is 59.3 Å². The largest absolute Gasteiger partial charge is 0.459 e. The Kier molecular flexibility index (Phi) is 11.9. The van der Waals surface area contributed by atoms with Gasteiger partial charge in [-0.1, -0.05) is 13.0 Å². The van der Waals surface area contributed by atoms with Crippen LogP contribution >= 0.6 is 0 Å². The molecule has 3 fully saturated rings. The van der Waals surface area contributed by atoms with Crippen LogP contribution in [0.4, 0.5) is 4.79 Å². The summed E-state index contributed by atoms with van der Waals surface area (Å²) >= 11 is 0. The molecule has 0 aliphatic heterocycles. The number of amides is 1. The molecule has 7 nitrogen and oxygen atoms in total. The minimum Gasteiger partial charge on any atom is -0.459 e. The minimum absolute atomic E-state index is 0.0445. The van der Waals surface area contributed by atoms with E-state index < -0.39 is 12.1 Å². The van der Waals surface area contributed by atoms with Gasteiger partial charge in [0.25, 0.3) is 6.26 Å². The number of carbonyl (C=O) groups excluding carboxylic acids is 2. The number of fused-ring (bicyclic) bond motifs is 5. The molecule has 4 atom stereocenters. The van der Waals surface area contributed by atoms with Crippen molar-refractivity contribution in [3.8, 4) is 6.26 Å². The highest BCUT2D eigenvalue weighted by molar-refractivity contribution is 5.86. The SMILES string of the molecule is C1CC2C3CCC(C3)C2C1.C=C(C)C(=O)OCCOC(=O)NCC.CCOC#N. The maximum absolute atomic E-state index is 10.8. The first-order chi connectivity index (χ1) is 13.9. The predicted octanol–water partition coefficient (Wildman–Crippen LogP) is 4.19. The highest BCUT2D eigenvalue weighted by Crippen LogP contribution is 2.58. The summed E-state index contributed by atoms with van der Waals surface area (Å²) < 4.78 is 13.5. The van der Waals surface area contributed by atoms with Crippen LogP contribution < -0.4 is 5.32 Å². The number of nitrogens with zero attached hydrogens (tertiary/aromatic N) is 1. The summed E-state index contributed by atoms with van der Waals surface area (Å²) in [6.07, 6.45) is 10.5. The van der Waals surface area contributed by atoms with Crippen LogP contribution in [-0.4, -0.2) is 38.4 Å². The van der Waals surface area contributed by atoms with Gasteiger partial charge in [0.05, 0.1) is 6.61 Å². The third kappa shape index (κ3) is 8.76. The van der Waals surface area contributed by atoms with E-state index in [1.807, 2.05) is 0 Å². The van der Waals surface area contributed by atoms with Gasteiger partial charge in [-0.15, -0.1) is 0 Å². The molecule has 1 N–H and O–H groups in total. The van der Waals surface area contributed by atoms with E-state index in [4.69, 9.17) is 5.26 Å². The summed E-state index contributed by atoms with van der Waals surface area (Å²) in [6.45, 7) is 9.58. The molecule has 3 aliphatic rings. The van der Waals surface area contributed by atoms with E-state index in [2.05, 4.69) is 26.1 Å². The second-order valence-corrected chi connectivity index (χ2v) is 7.70. The van der Waals surface area contributed by atoms with E-state index in [0.29, 0.717) is 18.7 Å². The Hall–Kier alpha value is -2.23. The standard InChI is InChI=1S/C10H16.C9H15NO4.C3H5NO/c1-2-9-7-4-5-8(6-7)10(9)3-1;1-4-10-9(12)14-6-5-13-8(11)7(2)3;1-2-5-3-4/h7-10H,1-6H2;2,4-6H2,1,3H3,(H,10,12);2H2,1H3. The van der Waals surface area contributed by atoms with E-state index in [1.165, 1.54) is 29.9 Å². The monoisotopic (exact) mass is 408 g/mol. The van der Waals surface area contributed by atoms with Crippen LogP contribution in [0, 0.1) is 35.2 Å². The molecular formula is C22H36N2O5. The van der Waals surface area contributed by atoms with Crippen LogP contribution in [0.1, 0.15) is 59.3 Å². The van der Waals surface area contributed by atoms with Crippen molar-refractivity contribution >= 4 is 12.1 Å². The molecule has 3 saturated carbocycles. The van der Waals surface area contributed by atoms with Crippen molar-refractivity contribution < 1.29 is 23.8 Å². The molecule has 0 saturated heterocycles. The number of alkyl carbamates (subject to hydrolysis) is 1. The number of esters is 1. The summed E-state index contributed by atoms with van der Waals surface area (Å²) in [5, 5.41) is 10.0. The Labute approximate surface area is 174 Å². The molecule has 1 amide bonds. The highest BCUT2D eigenvalue weighted by atomic mass is 16.6. The lowest BCUT2D eigenvalue weighted by Gasteiger charge is -2.23. The number of nitriles is 1. The molecule has 4 unspecified atom stereocenters. The fourth-order valence-electron chi connectivity index (χ4n) is 4.67. The van der Waals surface area contributed by atoms with Crippen molar-refractivity contribution in [2.24, 2.45) is 23.7 Å².